The van der Waals surface area contributed by atoms with Gasteiger partial charge in [0.05, 0.1) is 17.3 Å². The number of nitrogens with one attached hydrogen (secondary N) is 1. The summed E-state index contributed by atoms with van der Waals surface area (Å²) in [5.74, 6) is 0.0376. The Bertz CT molecular complexity index is 1630. The number of hydrogen-bond donors (Lipinski definition) is 1. The van der Waals surface area contributed by atoms with Crippen LogP contribution >= 0.6 is 11.3 Å². The van der Waals surface area contributed by atoms with E-state index in [1.165, 1.54) is 4.57 Å². The minimum absolute atomic E-state index is 0.145. The predicted molar refractivity (Wildman–Crippen MR) is 139 cm³/mol. The van der Waals surface area contributed by atoms with Gasteiger partial charge in [0.25, 0.3) is 11.5 Å². The van der Waals surface area contributed by atoms with Crippen molar-refractivity contribution in [3.8, 4) is 17.5 Å². The third-order valence-corrected chi connectivity index (χ3v) is 6.67. The zero-order valence-electron chi connectivity index (χ0n) is 19.5. The number of thiazole rings is 1. The number of carbonyl (C=O) groups excluding carboxylic acids is 1. The van der Waals surface area contributed by atoms with Gasteiger partial charge < -0.3 is 10.1 Å². The van der Waals surface area contributed by atoms with Crippen LogP contribution in [0.4, 0.5) is 5.69 Å². The average molecular weight is 482 g/mol. The summed E-state index contributed by atoms with van der Waals surface area (Å²) in [6.45, 7) is 3.93. The zero-order valence-corrected chi connectivity index (χ0v) is 20.3. The molecule has 0 aliphatic heterocycles. The van der Waals surface area contributed by atoms with E-state index in [4.69, 9.17) is 4.74 Å². The lowest BCUT2D eigenvalue weighted by Gasteiger charge is -2.07. The monoisotopic (exact) mass is 481 g/mol. The SMILES string of the molecule is COc1ccccc1/C=c1/s/c(=C(\C#N)C(=O)Nc2ccc(C)c(C)c2)n(-c2ccccc2)c1=O. The van der Waals surface area contributed by atoms with Gasteiger partial charge in [-0.3, -0.25) is 14.2 Å². The zero-order chi connectivity index (χ0) is 24.9. The van der Waals surface area contributed by atoms with Crippen molar-refractivity contribution < 1.29 is 9.53 Å². The molecule has 0 radical (unpaired) electrons. The minimum atomic E-state index is -0.578. The third kappa shape index (κ3) is 4.93. The van der Waals surface area contributed by atoms with Crippen molar-refractivity contribution in [1.82, 2.24) is 4.57 Å². The number of rotatable bonds is 5. The molecule has 0 saturated carbocycles. The van der Waals surface area contributed by atoms with Gasteiger partial charge in [-0.05, 0) is 61.4 Å². The van der Waals surface area contributed by atoms with Gasteiger partial charge in [-0.15, -0.1) is 11.3 Å². The fourth-order valence-corrected chi connectivity index (χ4v) is 4.69. The van der Waals surface area contributed by atoms with E-state index >= 15 is 0 Å². The maximum Gasteiger partial charge on any atom is 0.273 e. The highest BCUT2D eigenvalue weighted by atomic mass is 32.1. The minimum Gasteiger partial charge on any atom is -0.496 e. The summed E-state index contributed by atoms with van der Waals surface area (Å²) < 4.78 is 7.45. The number of anilines is 1. The van der Waals surface area contributed by atoms with Crippen LogP contribution < -0.4 is 24.8 Å². The first kappa shape index (κ1) is 23.7. The fourth-order valence-electron chi connectivity index (χ4n) is 3.60. The second kappa shape index (κ2) is 10.2. The van der Waals surface area contributed by atoms with Crippen LogP contribution in [0.5, 0.6) is 5.75 Å². The number of amides is 1. The van der Waals surface area contributed by atoms with Gasteiger partial charge in [-0.1, -0.05) is 42.5 Å². The van der Waals surface area contributed by atoms with E-state index < -0.39 is 5.91 Å². The molecule has 7 heteroatoms. The quantitative estimate of drug-likeness (QED) is 0.472. The molecule has 0 unspecified atom stereocenters. The van der Waals surface area contributed by atoms with Crippen molar-refractivity contribution in [2.24, 2.45) is 0 Å². The van der Waals surface area contributed by atoms with E-state index in [-0.39, 0.29) is 15.8 Å². The highest BCUT2D eigenvalue weighted by Gasteiger charge is 2.17. The van der Waals surface area contributed by atoms with Gasteiger partial charge in [0, 0.05) is 11.3 Å². The molecule has 0 aliphatic carbocycles. The van der Waals surface area contributed by atoms with Crippen LogP contribution in [0.25, 0.3) is 17.3 Å². The molecule has 1 heterocycles. The first-order valence-corrected chi connectivity index (χ1v) is 11.7. The lowest BCUT2D eigenvalue weighted by Crippen LogP contribution is -2.32. The molecule has 0 spiro atoms. The van der Waals surface area contributed by atoms with Gasteiger partial charge in [-0.25, -0.2) is 0 Å². The van der Waals surface area contributed by atoms with Crippen LogP contribution in [0.1, 0.15) is 16.7 Å². The number of nitrogens with zero attached hydrogens (tertiary/aromatic N) is 2. The summed E-state index contributed by atoms with van der Waals surface area (Å²) in [5.41, 5.74) is 3.51. The number of para-hydroxylation sites is 2. The van der Waals surface area contributed by atoms with Crippen LogP contribution in [0.2, 0.25) is 0 Å². The first-order chi connectivity index (χ1) is 16.9. The molecular formula is C28H23N3O3S. The Balaban J connectivity index is 1.95. The summed E-state index contributed by atoms with van der Waals surface area (Å²) >= 11 is 1.09. The summed E-state index contributed by atoms with van der Waals surface area (Å²) in [7, 11) is 1.56. The summed E-state index contributed by atoms with van der Waals surface area (Å²) in [5, 5.41) is 12.8. The second-order valence-electron chi connectivity index (χ2n) is 7.87. The summed E-state index contributed by atoms with van der Waals surface area (Å²) in [4.78, 5) is 26.7. The molecular weight excluding hydrogens is 458 g/mol. The second-order valence-corrected chi connectivity index (χ2v) is 8.90. The smallest absolute Gasteiger partial charge is 0.273 e. The van der Waals surface area contributed by atoms with Crippen LogP contribution in [0.15, 0.2) is 77.6 Å². The Morgan fingerprint density at radius 3 is 2.43 bits per heavy atom. The number of carbonyl (C=O) groups is 1. The van der Waals surface area contributed by atoms with Crippen LogP contribution in [0.3, 0.4) is 0 Å². The van der Waals surface area contributed by atoms with Gasteiger partial charge in [0.1, 0.15) is 16.5 Å². The first-order valence-electron chi connectivity index (χ1n) is 10.9. The number of methoxy groups -OCH3 is 1. The highest BCUT2D eigenvalue weighted by molar-refractivity contribution is 7.07. The third-order valence-electron chi connectivity index (χ3n) is 5.58. The Labute approximate surface area is 206 Å². The molecule has 0 bridgehead atoms. The van der Waals surface area contributed by atoms with Crippen molar-refractivity contribution in [2.45, 2.75) is 13.8 Å². The molecule has 4 rings (SSSR count). The normalized spacial score (nSPS) is 12.1. The number of aryl methyl sites for hydroxylation is 2. The van der Waals surface area contributed by atoms with E-state index in [1.54, 1.807) is 49.6 Å². The number of nitriles is 1. The van der Waals surface area contributed by atoms with Crippen molar-refractivity contribution in [3.05, 3.63) is 109 Å². The molecule has 35 heavy (non-hydrogen) atoms. The van der Waals surface area contributed by atoms with E-state index in [9.17, 15) is 14.9 Å². The summed E-state index contributed by atoms with van der Waals surface area (Å²) in [6, 6.07) is 23.9. The van der Waals surface area contributed by atoms with Crippen LogP contribution in [0, 0.1) is 25.2 Å². The summed E-state index contributed by atoms with van der Waals surface area (Å²) in [6.07, 6.45) is 1.71. The molecule has 0 atom stereocenters. The average Bonchev–Trinajstić information content (AvgIpc) is 3.18. The molecule has 1 N–H and O–H groups in total. The van der Waals surface area contributed by atoms with Crippen molar-refractivity contribution in [3.63, 3.8) is 0 Å². The van der Waals surface area contributed by atoms with E-state index in [2.05, 4.69) is 5.32 Å². The molecule has 6 nitrogen and oxygen atoms in total. The topological polar surface area (TPSA) is 84.1 Å². The van der Waals surface area contributed by atoms with E-state index in [1.807, 2.05) is 56.3 Å². The van der Waals surface area contributed by atoms with Gasteiger partial charge in [0.2, 0.25) is 0 Å². The molecule has 3 aromatic carbocycles. The molecule has 1 amide bonds. The maximum atomic E-state index is 13.5. The lowest BCUT2D eigenvalue weighted by atomic mass is 10.1. The molecule has 1 aromatic heterocycles. The Hall–Kier alpha value is -4.41. The Kier molecular flexibility index (Phi) is 6.95. The fraction of sp³-hybridized carbons (Fsp3) is 0.107. The molecule has 4 aromatic rings. The number of benzene rings is 3. The van der Waals surface area contributed by atoms with Crippen molar-refractivity contribution in [2.75, 3.05) is 12.4 Å². The predicted octanol–water partition coefficient (Wildman–Crippen LogP) is 3.67. The number of ether oxygens (including phenoxy) is 1. The molecule has 174 valence electrons. The number of aromatic nitrogens is 1. The van der Waals surface area contributed by atoms with Crippen molar-refractivity contribution in [1.29, 1.82) is 5.26 Å². The Morgan fingerprint density at radius 2 is 1.74 bits per heavy atom. The van der Waals surface area contributed by atoms with E-state index in [0.717, 1.165) is 28.0 Å². The van der Waals surface area contributed by atoms with Crippen LogP contribution in [-0.4, -0.2) is 17.6 Å². The van der Waals surface area contributed by atoms with Gasteiger partial charge in [0.15, 0.2) is 5.57 Å². The number of hydrogen-bond acceptors (Lipinski definition) is 5. The molecule has 0 saturated heterocycles. The van der Waals surface area contributed by atoms with Gasteiger partial charge in [-0.2, -0.15) is 5.26 Å². The Morgan fingerprint density at radius 1 is 1.03 bits per heavy atom. The molecule has 0 fully saturated rings. The maximum absolute atomic E-state index is 13.5. The lowest BCUT2D eigenvalue weighted by molar-refractivity contribution is -0.111. The van der Waals surface area contributed by atoms with Crippen molar-refractivity contribution >= 4 is 34.6 Å². The van der Waals surface area contributed by atoms with Gasteiger partial charge >= 0.3 is 0 Å². The standard InChI is InChI=1S/C28H23N3O3S/c1-18-13-14-21(15-19(18)2)30-26(32)23(17-29)28-31(22-10-5-4-6-11-22)27(33)25(35-28)16-20-9-7-8-12-24(20)34-3/h4-16H,1-3H3,(H,30,32)/b25-16+,28-23+. The van der Waals surface area contributed by atoms with Crippen LogP contribution in [-0.2, 0) is 4.79 Å². The molecule has 0 aliphatic rings. The highest BCUT2D eigenvalue weighted by Crippen LogP contribution is 2.18. The largest absolute Gasteiger partial charge is 0.496 e. The van der Waals surface area contributed by atoms with E-state index in [0.29, 0.717) is 21.7 Å².